The summed E-state index contributed by atoms with van der Waals surface area (Å²) in [5.74, 6) is 1.18. The molecule has 0 bridgehead atoms. The van der Waals surface area contributed by atoms with Crippen LogP contribution in [0.25, 0.3) is 0 Å². The van der Waals surface area contributed by atoms with Crippen molar-refractivity contribution in [1.82, 2.24) is 10.6 Å². The first-order valence-corrected chi connectivity index (χ1v) is 9.78. The minimum absolute atomic E-state index is 0.00123. The van der Waals surface area contributed by atoms with E-state index in [1.165, 1.54) is 19.2 Å². The maximum Gasteiger partial charge on any atom is 0.416 e. The van der Waals surface area contributed by atoms with Gasteiger partial charge in [-0.15, -0.1) is 0 Å². The van der Waals surface area contributed by atoms with Crippen molar-refractivity contribution < 1.29 is 27.4 Å². The molecule has 0 amide bonds. The summed E-state index contributed by atoms with van der Waals surface area (Å²) in [6, 6.07) is 3.92. The van der Waals surface area contributed by atoms with Crippen LogP contribution in [0.2, 0.25) is 0 Å². The van der Waals surface area contributed by atoms with E-state index in [1.54, 1.807) is 7.05 Å². The Labute approximate surface area is 169 Å². The first-order valence-electron chi connectivity index (χ1n) is 9.78. The van der Waals surface area contributed by atoms with Crippen LogP contribution in [0.5, 0.6) is 5.75 Å². The van der Waals surface area contributed by atoms with Gasteiger partial charge in [-0.1, -0.05) is 6.07 Å². The third-order valence-corrected chi connectivity index (χ3v) is 4.74. The lowest BCUT2D eigenvalue weighted by Gasteiger charge is -2.21. The molecule has 0 spiro atoms. The number of ether oxygens (including phenoxy) is 3. The van der Waals surface area contributed by atoms with Crippen molar-refractivity contribution in [3.8, 4) is 5.75 Å². The number of hydrogen-bond acceptors (Lipinski definition) is 4. The number of nitrogens with zero attached hydrogens (tertiary/aromatic N) is 1. The van der Waals surface area contributed by atoms with E-state index < -0.39 is 11.7 Å². The topological polar surface area (TPSA) is 64.1 Å². The average molecular weight is 417 g/mol. The largest absolute Gasteiger partial charge is 0.497 e. The van der Waals surface area contributed by atoms with Gasteiger partial charge in [0.2, 0.25) is 0 Å². The highest BCUT2D eigenvalue weighted by molar-refractivity contribution is 5.79. The molecular weight excluding hydrogens is 387 g/mol. The van der Waals surface area contributed by atoms with Crippen molar-refractivity contribution in [3.05, 3.63) is 29.3 Å². The summed E-state index contributed by atoms with van der Waals surface area (Å²) in [4.78, 5) is 4.05. The molecule has 0 aliphatic carbocycles. The highest BCUT2D eigenvalue weighted by atomic mass is 19.4. The minimum atomic E-state index is -4.45. The first kappa shape index (κ1) is 23.3. The Bertz CT molecular complexity index is 648. The van der Waals surface area contributed by atoms with Crippen molar-refractivity contribution >= 4 is 5.96 Å². The fraction of sp³-hybridized carbons (Fsp3) is 0.650. The molecule has 0 aromatic heterocycles. The van der Waals surface area contributed by atoms with Gasteiger partial charge in [0.1, 0.15) is 5.75 Å². The van der Waals surface area contributed by atoms with E-state index in [0.717, 1.165) is 45.1 Å². The van der Waals surface area contributed by atoms with Crippen LogP contribution in [-0.4, -0.2) is 53.1 Å². The maximum atomic E-state index is 13.3. The molecule has 1 aliphatic heterocycles. The van der Waals surface area contributed by atoms with Crippen molar-refractivity contribution in [2.45, 2.75) is 32.0 Å². The van der Waals surface area contributed by atoms with Crippen LogP contribution >= 0.6 is 0 Å². The average Bonchev–Trinajstić information content (AvgIpc) is 2.72. The summed E-state index contributed by atoms with van der Waals surface area (Å²) in [5.41, 5.74) is -0.595. The van der Waals surface area contributed by atoms with E-state index in [4.69, 9.17) is 14.2 Å². The molecule has 2 rings (SSSR count). The highest BCUT2D eigenvalue weighted by Gasteiger charge is 2.33. The molecule has 1 fully saturated rings. The molecule has 1 aromatic rings. The lowest BCUT2D eigenvalue weighted by Crippen LogP contribution is -2.38. The molecular formula is C20H30F3N3O3. The van der Waals surface area contributed by atoms with Gasteiger partial charge in [0.05, 0.1) is 12.7 Å². The van der Waals surface area contributed by atoms with Gasteiger partial charge in [-0.25, -0.2) is 0 Å². The number of alkyl halides is 3. The second-order valence-electron chi connectivity index (χ2n) is 6.86. The van der Waals surface area contributed by atoms with E-state index in [-0.39, 0.29) is 17.9 Å². The molecule has 1 aliphatic rings. The van der Waals surface area contributed by atoms with Gasteiger partial charge in [-0.2, -0.15) is 13.2 Å². The zero-order chi connectivity index (χ0) is 21.1. The summed E-state index contributed by atoms with van der Waals surface area (Å²) in [6.45, 7) is 3.59. The van der Waals surface area contributed by atoms with Crippen LogP contribution < -0.4 is 15.4 Å². The molecule has 0 atom stereocenters. The van der Waals surface area contributed by atoms with E-state index in [1.807, 2.05) is 0 Å². The van der Waals surface area contributed by atoms with E-state index in [9.17, 15) is 13.2 Å². The summed E-state index contributed by atoms with van der Waals surface area (Å²) in [5, 5.41) is 6.01. The summed E-state index contributed by atoms with van der Waals surface area (Å²) in [6.07, 6.45) is -1.59. The smallest absolute Gasteiger partial charge is 0.416 e. The molecule has 9 heteroatoms. The Morgan fingerprint density at radius 2 is 2.00 bits per heavy atom. The zero-order valence-corrected chi connectivity index (χ0v) is 17.0. The van der Waals surface area contributed by atoms with E-state index >= 15 is 0 Å². The third-order valence-electron chi connectivity index (χ3n) is 4.74. The van der Waals surface area contributed by atoms with Gasteiger partial charge in [0, 0.05) is 46.6 Å². The van der Waals surface area contributed by atoms with Gasteiger partial charge in [-0.3, -0.25) is 4.99 Å². The van der Waals surface area contributed by atoms with E-state index in [0.29, 0.717) is 25.0 Å². The second-order valence-corrected chi connectivity index (χ2v) is 6.86. The number of aliphatic imine (C=N–C) groups is 1. The lowest BCUT2D eigenvalue weighted by molar-refractivity contribution is -0.138. The Hall–Kier alpha value is -2.00. The highest BCUT2D eigenvalue weighted by Crippen LogP contribution is 2.34. The predicted octanol–water partition coefficient (Wildman–Crippen LogP) is 3.21. The molecule has 6 nitrogen and oxygen atoms in total. The van der Waals surface area contributed by atoms with Crippen LogP contribution in [0.3, 0.4) is 0 Å². The molecule has 0 saturated carbocycles. The fourth-order valence-electron chi connectivity index (χ4n) is 3.04. The summed E-state index contributed by atoms with van der Waals surface area (Å²) < 4.78 is 55.8. The van der Waals surface area contributed by atoms with Gasteiger partial charge < -0.3 is 24.8 Å². The Morgan fingerprint density at radius 1 is 1.24 bits per heavy atom. The number of hydrogen-bond donors (Lipinski definition) is 2. The van der Waals surface area contributed by atoms with Gasteiger partial charge in [0.25, 0.3) is 0 Å². The van der Waals surface area contributed by atoms with Gasteiger partial charge in [0.15, 0.2) is 5.96 Å². The van der Waals surface area contributed by atoms with Crippen molar-refractivity contribution in [2.75, 3.05) is 47.1 Å². The van der Waals surface area contributed by atoms with Crippen molar-refractivity contribution in [1.29, 1.82) is 0 Å². The Balaban J connectivity index is 1.72. The van der Waals surface area contributed by atoms with Gasteiger partial charge >= 0.3 is 6.18 Å². The summed E-state index contributed by atoms with van der Waals surface area (Å²) in [7, 11) is 2.92. The van der Waals surface area contributed by atoms with Crippen LogP contribution in [0.1, 0.15) is 30.4 Å². The molecule has 1 aromatic carbocycles. The molecule has 29 heavy (non-hydrogen) atoms. The molecule has 164 valence electrons. The molecule has 0 unspecified atom stereocenters. The van der Waals surface area contributed by atoms with E-state index in [2.05, 4.69) is 15.6 Å². The number of methoxy groups -OCH3 is 1. The standard InChI is InChI=1S/C20H30F3N3O3/c1-24-19(25-8-3-9-29-14-15-6-10-28-11-7-15)26-13-16-4-5-17(27-2)12-18(16)20(21,22)23/h4-5,12,15H,3,6-11,13-14H2,1-2H3,(H2,24,25,26). The molecule has 1 saturated heterocycles. The van der Waals surface area contributed by atoms with Crippen molar-refractivity contribution in [2.24, 2.45) is 10.9 Å². The normalized spacial score (nSPS) is 16.0. The number of guanidine groups is 1. The Morgan fingerprint density at radius 3 is 2.66 bits per heavy atom. The number of halogens is 3. The SMILES string of the molecule is CN=C(NCCCOCC1CCOCC1)NCc1ccc(OC)cc1C(F)(F)F. The minimum Gasteiger partial charge on any atom is -0.497 e. The predicted molar refractivity (Wildman–Crippen MR) is 105 cm³/mol. The summed E-state index contributed by atoms with van der Waals surface area (Å²) >= 11 is 0. The lowest BCUT2D eigenvalue weighted by atomic mass is 10.0. The monoisotopic (exact) mass is 417 g/mol. The van der Waals surface area contributed by atoms with Crippen LogP contribution in [-0.2, 0) is 22.2 Å². The molecule has 0 radical (unpaired) electrons. The fourth-order valence-corrected chi connectivity index (χ4v) is 3.04. The Kier molecular flexibility index (Phi) is 9.53. The second kappa shape index (κ2) is 11.9. The number of nitrogens with one attached hydrogen (secondary N) is 2. The van der Waals surface area contributed by atoms with Crippen LogP contribution in [0, 0.1) is 5.92 Å². The molecule has 2 N–H and O–H groups in total. The quantitative estimate of drug-likeness (QED) is 0.367. The third kappa shape index (κ3) is 8.10. The number of benzene rings is 1. The number of rotatable bonds is 9. The zero-order valence-electron chi connectivity index (χ0n) is 17.0. The van der Waals surface area contributed by atoms with Crippen LogP contribution in [0.15, 0.2) is 23.2 Å². The van der Waals surface area contributed by atoms with Gasteiger partial charge in [-0.05, 0) is 42.9 Å². The van der Waals surface area contributed by atoms with Crippen LogP contribution in [0.4, 0.5) is 13.2 Å². The first-order chi connectivity index (χ1) is 13.9. The van der Waals surface area contributed by atoms with Crippen molar-refractivity contribution in [3.63, 3.8) is 0 Å². The maximum absolute atomic E-state index is 13.3. The molecule has 1 heterocycles.